The normalized spacial score (nSPS) is 27.9. The number of ether oxygens (including phenoxy) is 1. The van der Waals surface area contributed by atoms with Gasteiger partial charge in [0.2, 0.25) is 0 Å². The molecule has 2 aliphatic rings. The number of nitrogens with two attached hydrogens (primary N) is 1. The lowest BCUT2D eigenvalue weighted by Gasteiger charge is -2.39. The second-order valence-electron chi connectivity index (χ2n) is 5.96. The predicted molar refractivity (Wildman–Crippen MR) is 79.8 cm³/mol. The van der Waals surface area contributed by atoms with Gasteiger partial charge in [-0.2, -0.15) is 0 Å². The molecular weight excluding hydrogens is 252 g/mol. The second kappa shape index (κ2) is 6.08. The van der Waals surface area contributed by atoms with E-state index < -0.39 is 0 Å². The molecule has 0 radical (unpaired) electrons. The molecule has 3 rings (SSSR count). The van der Waals surface area contributed by atoms with Gasteiger partial charge in [0.1, 0.15) is 5.82 Å². The zero-order chi connectivity index (χ0) is 13.8. The summed E-state index contributed by atoms with van der Waals surface area (Å²) in [6, 6.07) is 6.10. The van der Waals surface area contributed by atoms with Crippen molar-refractivity contribution in [1.82, 2.24) is 9.88 Å². The fourth-order valence-electron chi connectivity index (χ4n) is 3.15. The quantitative estimate of drug-likeness (QED) is 0.871. The molecule has 110 valence electrons. The fourth-order valence-corrected chi connectivity index (χ4v) is 3.15. The van der Waals surface area contributed by atoms with E-state index in [4.69, 9.17) is 10.5 Å². The van der Waals surface area contributed by atoms with Crippen molar-refractivity contribution in [3.63, 3.8) is 0 Å². The Bertz CT molecular complexity index is 411. The summed E-state index contributed by atoms with van der Waals surface area (Å²) in [5.74, 6) is 1.09. The molecule has 1 aromatic rings. The van der Waals surface area contributed by atoms with Crippen LogP contribution >= 0.6 is 0 Å². The lowest BCUT2D eigenvalue weighted by atomic mass is 9.86. The molecule has 3 heterocycles. The monoisotopic (exact) mass is 276 g/mol. The molecule has 2 aliphatic heterocycles. The molecule has 1 unspecified atom stereocenters. The van der Waals surface area contributed by atoms with E-state index in [0.717, 1.165) is 64.7 Å². The van der Waals surface area contributed by atoms with E-state index in [9.17, 15) is 0 Å². The highest BCUT2D eigenvalue weighted by Gasteiger charge is 2.36. The molecule has 5 heteroatoms. The lowest BCUT2D eigenvalue weighted by Crippen LogP contribution is -2.51. The van der Waals surface area contributed by atoms with Gasteiger partial charge in [-0.15, -0.1) is 0 Å². The van der Waals surface area contributed by atoms with E-state index in [1.54, 1.807) is 0 Å². The predicted octanol–water partition coefficient (Wildman–Crippen LogP) is 0.569. The molecule has 1 aromatic heterocycles. The molecule has 20 heavy (non-hydrogen) atoms. The highest BCUT2D eigenvalue weighted by molar-refractivity contribution is 5.38. The molecule has 1 atom stereocenters. The first kappa shape index (κ1) is 13.8. The first-order chi connectivity index (χ1) is 9.81. The van der Waals surface area contributed by atoms with Crippen LogP contribution in [0.3, 0.4) is 0 Å². The van der Waals surface area contributed by atoms with Gasteiger partial charge in [0.15, 0.2) is 0 Å². The molecule has 0 saturated carbocycles. The maximum atomic E-state index is 5.98. The Morgan fingerprint density at radius 1 is 1.25 bits per heavy atom. The summed E-state index contributed by atoms with van der Waals surface area (Å²) >= 11 is 0. The Labute approximate surface area is 120 Å². The van der Waals surface area contributed by atoms with Crippen molar-refractivity contribution in [2.75, 3.05) is 57.4 Å². The van der Waals surface area contributed by atoms with Gasteiger partial charge in [-0.25, -0.2) is 4.98 Å². The van der Waals surface area contributed by atoms with Crippen LogP contribution < -0.4 is 10.6 Å². The highest BCUT2D eigenvalue weighted by Crippen LogP contribution is 2.29. The third-order valence-corrected chi connectivity index (χ3v) is 4.52. The molecular formula is C15H24N4O. The Morgan fingerprint density at radius 2 is 2.10 bits per heavy atom. The van der Waals surface area contributed by atoms with Gasteiger partial charge < -0.3 is 15.4 Å². The number of nitrogens with zero attached hydrogens (tertiary/aromatic N) is 3. The van der Waals surface area contributed by atoms with E-state index in [-0.39, 0.29) is 5.41 Å². The summed E-state index contributed by atoms with van der Waals surface area (Å²) in [4.78, 5) is 9.31. The Kier molecular flexibility index (Phi) is 4.19. The van der Waals surface area contributed by atoms with Crippen molar-refractivity contribution in [3.8, 4) is 0 Å². The zero-order valence-corrected chi connectivity index (χ0v) is 12.0. The Hall–Kier alpha value is -1.17. The minimum Gasteiger partial charge on any atom is -0.381 e. The van der Waals surface area contributed by atoms with Crippen molar-refractivity contribution in [2.24, 2.45) is 11.1 Å². The van der Waals surface area contributed by atoms with Crippen LogP contribution in [0.15, 0.2) is 24.4 Å². The summed E-state index contributed by atoms with van der Waals surface area (Å²) in [5.41, 5.74) is 6.16. The number of anilines is 1. The van der Waals surface area contributed by atoms with Gasteiger partial charge >= 0.3 is 0 Å². The molecule has 0 aromatic carbocycles. The standard InChI is InChI=1S/C15H24N4O/c16-11-15(4-10-20-13-15)12-18-6-8-19(9-7-18)14-3-1-2-5-17-14/h1-3,5H,4,6-13,16H2. The average molecular weight is 276 g/mol. The van der Waals surface area contributed by atoms with Crippen molar-refractivity contribution < 1.29 is 4.74 Å². The van der Waals surface area contributed by atoms with Crippen molar-refractivity contribution in [1.29, 1.82) is 0 Å². The maximum absolute atomic E-state index is 5.98. The summed E-state index contributed by atoms with van der Waals surface area (Å²) < 4.78 is 5.56. The first-order valence-electron chi connectivity index (χ1n) is 7.48. The van der Waals surface area contributed by atoms with Crippen LogP contribution in [0.1, 0.15) is 6.42 Å². The van der Waals surface area contributed by atoms with Gasteiger partial charge in [-0.1, -0.05) is 6.07 Å². The van der Waals surface area contributed by atoms with Crippen LogP contribution in [0.2, 0.25) is 0 Å². The van der Waals surface area contributed by atoms with Gasteiger partial charge in [-0.3, -0.25) is 4.90 Å². The van der Waals surface area contributed by atoms with Gasteiger partial charge in [0.05, 0.1) is 6.61 Å². The third kappa shape index (κ3) is 2.95. The van der Waals surface area contributed by atoms with Crippen molar-refractivity contribution >= 4 is 5.82 Å². The molecule has 0 aliphatic carbocycles. The third-order valence-electron chi connectivity index (χ3n) is 4.52. The minimum absolute atomic E-state index is 0.188. The molecule has 0 amide bonds. The molecule has 0 bridgehead atoms. The largest absolute Gasteiger partial charge is 0.381 e. The average Bonchev–Trinajstić information content (AvgIpc) is 2.98. The Balaban J connectivity index is 1.54. The van der Waals surface area contributed by atoms with Crippen molar-refractivity contribution in [3.05, 3.63) is 24.4 Å². The van der Waals surface area contributed by atoms with Crippen LogP contribution in [-0.2, 0) is 4.74 Å². The number of piperazine rings is 1. The molecule has 0 spiro atoms. The fraction of sp³-hybridized carbons (Fsp3) is 0.667. The lowest BCUT2D eigenvalue weighted by molar-refractivity contribution is 0.111. The van der Waals surface area contributed by atoms with Crippen LogP contribution in [0.5, 0.6) is 0 Å². The van der Waals surface area contributed by atoms with E-state index in [1.807, 2.05) is 18.3 Å². The summed E-state index contributed by atoms with van der Waals surface area (Å²) in [7, 11) is 0. The topological polar surface area (TPSA) is 54.6 Å². The van der Waals surface area contributed by atoms with E-state index in [0.29, 0.717) is 0 Å². The van der Waals surface area contributed by atoms with E-state index in [1.165, 1.54) is 0 Å². The van der Waals surface area contributed by atoms with Gasteiger partial charge in [0, 0.05) is 57.5 Å². The van der Waals surface area contributed by atoms with Gasteiger partial charge in [-0.05, 0) is 18.6 Å². The van der Waals surface area contributed by atoms with Crippen LogP contribution in [0, 0.1) is 5.41 Å². The number of pyridine rings is 1. The number of aromatic nitrogens is 1. The smallest absolute Gasteiger partial charge is 0.128 e. The Morgan fingerprint density at radius 3 is 2.70 bits per heavy atom. The SMILES string of the molecule is NCC1(CN2CCN(c3ccccn3)CC2)CCOC1. The molecule has 5 nitrogen and oxygen atoms in total. The maximum Gasteiger partial charge on any atom is 0.128 e. The van der Waals surface area contributed by atoms with Crippen LogP contribution in [0.25, 0.3) is 0 Å². The van der Waals surface area contributed by atoms with Gasteiger partial charge in [0.25, 0.3) is 0 Å². The highest BCUT2D eigenvalue weighted by atomic mass is 16.5. The first-order valence-corrected chi connectivity index (χ1v) is 7.48. The second-order valence-corrected chi connectivity index (χ2v) is 5.96. The summed E-state index contributed by atoms with van der Waals surface area (Å²) in [6.07, 6.45) is 2.96. The minimum atomic E-state index is 0.188. The van der Waals surface area contributed by atoms with Crippen LogP contribution in [0.4, 0.5) is 5.82 Å². The molecule has 2 N–H and O–H groups in total. The molecule has 2 fully saturated rings. The van der Waals surface area contributed by atoms with E-state index >= 15 is 0 Å². The number of hydrogen-bond donors (Lipinski definition) is 1. The number of rotatable bonds is 4. The summed E-state index contributed by atoms with van der Waals surface area (Å²) in [6.45, 7) is 7.73. The summed E-state index contributed by atoms with van der Waals surface area (Å²) in [5, 5.41) is 0. The van der Waals surface area contributed by atoms with Crippen molar-refractivity contribution in [2.45, 2.75) is 6.42 Å². The zero-order valence-electron chi connectivity index (χ0n) is 12.0. The van der Waals surface area contributed by atoms with E-state index in [2.05, 4.69) is 20.9 Å². The van der Waals surface area contributed by atoms with Crippen LogP contribution in [-0.4, -0.2) is 62.4 Å². The number of hydrogen-bond acceptors (Lipinski definition) is 5. The molecule has 2 saturated heterocycles.